The van der Waals surface area contributed by atoms with Gasteiger partial charge in [-0.2, -0.15) is 13.2 Å². The molecular weight excluding hydrogens is 243 g/mol. The Bertz CT molecular complexity index is 432. The van der Waals surface area contributed by atoms with E-state index in [4.69, 9.17) is 0 Å². The molecule has 100 valence electrons. The Morgan fingerprint density at radius 3 is 2.67 bits per heavy atom. The fraction of sp³-hybridized carbons (Fsp3) is 0.538. The lowest BCUT2D eigenvalue weighted by Crippen LogP contribution is -2.34. The van der Waals surface area contributed by atoms with E-state index in [9.17, 15) is 18.3 Å². The summed E-state index contributed by atoms with van der Waals surface area (Å²) in [4.78, 5) is 1.98. The predicted molar refractivity (Wildman–Crippen MR) is 62.2 cm³/mol. The largest absolute Gasteiger partial charge is 0.416 e. The number of alkyl halides is 3. The van der Waals surface area contributed by atoms with Crippen LogP contribution in [0.2, 0.25) is 0 Å². The molecule has 1 N–H and O–H groups in total. The van der Waals surface area contributed by atoms with Crippen LogP contribution in [0.4, 0.5) is 13.2 Å². The zero-order valence-corrected chi connectivity index (χ0v) is 10.2. The standard InChI is InChI=1S/C13H16F3NO/c1-17-6-5-12(18,9-17)8-10-3-2-4-11(7-10)13(14,15)16/h2-4,7,18H,5-6,8-9H2,1H3. The average molecular weight is 259 g/mol. The van der Waals surface area contributed by atoms with Gasteiger partial charge in [0.25, 0.3) is 0 Å². The molecule has 1 unspecified atom stereocenters. The molecule has 0 aromatic heterocycles. The maximum absolute atomic E-state index is 12.6. The molecule has 0 saturated carbocycles. The number of rotatable bonds is 2. The van der Waals surface area contributed by atoms with E-state index < -0.39 is 17.3 Å². The van der Waals surface area contributed by atoms with E-state index in [1.807, 2.05) is 11.9 Å². The van der Waals surface area contributed by atoms with Gasteiger partial charge in [0.1, 0.15) is 0 Å². The second-order valence-electron chi connectivity index (χ2n) is 5.09. The fourth-order valence-corrected chi connectivity index (χ4v) is 2.44. The molecule has 18 heavy (non-hydrogen) atoms. The van der Waals surface area contributed by atoms with Crippen molar-refractivity contribution in [2.24, 2.45) is 0 Å². The molecule has 5 heteroatoms. The predicted octanol–water partition coefficient (Wildman–Crippen LogP) is 2.31. The number of nitrogens with zero attached hydrogens (tertiary/aromatic N) is 1. The first-order chi connectivity index (χ1) is 8.28. The molecular formula is C13H16F3NO. The summed E-state index contributed by atoms with van der Waals surface area (Å²) in [6, 6.07) is 5.19. The highest BCUT2D eigenvalue weighted by Gasteiger charge is 2.35. The molecule has 0 radical (unpaired) electrons. The second kappa shape index (κ2) is 4.55. The quantitative estimate of drug-likeness (QED) is 0.881. The average Bonchev–Trinajstić information content (AvgIpc) is 2.57. The van der Waals surface area contributed by atoms with Crippen molar-refractivity contribution in [1.29, 1.82) is 0 Å². The SMILES string of the molecule is CN1CCC(O)(Cc2cccc(C(F)(F)F)c2)C1. The summed E-state index contributed by atoms with van der Waals surface area (Å²) in [6.07, 6.45) is -3.47. The van der Waals surface area contributed by atoms with Gasteiger partial charge in [-0.3, -0.25) is 0 Å². The van der Waals surface area contributed by atoms with Crippen molar-refractivity contribution in [2.45, 2.75) is 24.6 Å². The molecule has 1 aromatic carbocycles. The highest BCUT2D eigenvalue weighted by molar-refractivity contribution is 5.27. The number of benzene rings is 1. The molecule has 0 bridgehead atoms. The Labute approximate surface area is 104 Å². The van der Waals surface area contributed by atoms with Gasteiger partial charge in [0.05, 0.1) is 11.2 Å². The molecule has 1 saturated heterocycles. The Kier molecular flexibility index (Phi) is 3.38. The number of likely N-dealkylation sites (N-methyl/N-ethyl adjacent to an activating group) is 1. The third-order valence-corrected chi connectivity index (χ3v) is 3.31. The summed E-state index contributed by atoms with van der Waals surface area (Å²) in [5, 5.41) is 10.3. The third kappa shape index (κ3) is 3.03. The summed E-state index contributed by atoms with van der Waals surface area (Å²) in [5.74, 6) is 0. The number of hydrogen-bond acceptors (Lipinski definition) is 2. The lowest BCUT2D eigenvalue weighted by atomic mass is 9.93. The number of likely N-dealkylation sites (tertiary alicyclic amines) is 1. The Hall–Kier alpha value is -1.07. The van der Waals surface area contributed by atoms with Crippen LogP contribution in [0.3, 0.4) is 0 Å². The minimum atomic E-state index is -4.33. The monoisotopic (exact) mass is 259 g/mol. The van der Waals surface area contributed by atoms with Gasteiger partial charge in [0.2, 0.25) is 0 Å². The van der Waals surface area contributed by atoms with Crippen molar-refractivity contribution in [3.63, 3.8) is 0 Å². The molecule has 1 aromatic rings. The van der Waals surface area contributed by atoms with Crippen LogP contribution in [0.1, 0.15) is 17.5 Å². The number of hydrogen-bond donors (Lipinski definition) is 1. The van der Waals surface area contributed by atoms with E-state index in [0.29, 0.717) is 18.5 Å². The van der Waals surface area contributed by atoms with Gasteiger partial charge < -0.3 is 10.0 Å². The third-order valence-electron chi connectivity index (χ3n) is 3.31. The zero-order chi connectivity index (χ0) is 13.4. The van der Waals surface area contributed by atoms with Gasteiger partial charge in [0.15, 0.2) is 0 Å². The van der Waals surface area contributed by atoms with Crippen LogP contribution in [0, 0.1) is 0 Å². The minimum absolute atomic E-state index is 0.265. The van der Waals surface area contributed by atoms with Crippen molar-refractivity contribution < 1.29 is 18.3 Å². The van der Waals surface area contributed by atoms with Crippen LogP contribution in [-0.4, -0.2) is 35.7 Å². The van der Waals surface area contributed by atoms with Crippen molar-refractivity contribution in [3.8, 4) is 0 Å². The smallest absolute Gasteiger partial charge is 0.388 e. The first-order valence-electron chi connectivity index (χ1n) is 5.86. The van der Waals surface area contributed by atoms with Crippen LogP contribution >= 0.6 is 0 Å². The van der Waals surface area contributed by atoms with Crippen LogP contribution in [0.15, 0.2) is 24.3 Å². The van der Waals surface area contributed by atoms with Crippen LogP contribution < -0.4 is 0 Å². The summed E-state index contributed by atoms with van der Waals surface area (Å²) < 4.78 is 37.7. The van der Waals surface area contributed by atoms with Crippen molar-refractivity contribution in [1.82, 2.24) is 4.90 Å². The molecule has 2 nitrogen and oxygen atoms in total. The van der Waals surface area contributed by atoms with Gasteiger partial charge in [-0.15, -0.1) is 0 Å². The summed E-state index contributed by atoms with van der Waals surface area (Å²) in [6.45, 7) is 1.28. The lowest BCUT2D eigenvalue weighted by Gasteiger charge is -2.22. The zero-order valence-electron chi connectivity index (χ0n) is 10.2. The van der Waals surface area contributed by atoms with Crippen molar-refractivity contribution in [2.75, 3.05) is 20.1 Å². The van der Waals surface area contributed by atoms with E-state index in [-0.39, 0.29) is 6.42 Å². The minimum Gasteiger partial charge on any atom is -0.388 e. The first-order valence-corrected chi connectivity index (χ1v) is 5.86. The normalized spacial score (nSPS) is 25.6. The van der Waals surface area contributed by atoms with Crippen molar-refractivity contribution >= 4 is 0 Å². The maximum atomic E-state index is 12.6. The van der Waals surface area contributed by atoms with Crippen LogP contribution in [0.5, 0.6) is 0 Å². The topological polar surface area (TPSA) is 23.5 Å². The molecule has 0 spiro atoms. The van der Waals surface area contributed by atoms with Gasteiger partial charge >= 0.3 is 6.18 Å². The van der Waals surface area contributed by atoms with Crippen LogP contribution in [0.25, 0.3) is 0 Å². The molecule has 1 heterocycles. The Morgan fingerprint density at radius 2 is 2.11 bits per heavy atom. The molecule has 1 aliphatic heterocycles. The summed E-state index contributed by atoms with van der Waals surface area (Å²) in [7, 11) is 1.89. The van der Waals surface area contributed by atoms with Gasteiger partial charge in [0, 0.05) is 19.5 Å². The Balaban J connectivity index is 2.15. The van der Waals surface area contributed by atoms with E-state index >= 15 is 0 Å². The number of β-amino-alcohol motifs (C(OH)–C–C–N with tert-alkyl or cyclic N) is 1. The maximum Gasteiger partial charge on any atom is 0.416 e. The molecule has 0 amide bonds. The highest BCUT2D eigenvalue weighted by Crippen LogP contribution is 2.31. The summed E-state index contributed by atoms with van der Waals surface area (Å²) >= 11 is 0. The second-order valence-corrected chi connectivity index (χ2v) is 5.09. The number of aliphatic hydroxyl groups is 1. The van der Waals surface area contributed by atoms with E-state index in [0.717, 1.165) is 18.7 Å². The van der Waals surface area contributed by atoms with Gasteiger partial charge in [-0.25, -0.2) is 0 Å². The van der Waals surface area contributed by atoms with E-state index in [2.05, 4.69) is 0 Å². The molecule has 1 atom stereocenters. The molecule has 1 aliphatic rings. The van der Waals surface area contributed by atoms with Crippen molar-refractivity contribution in [3.05, 3.63) is 35.4 Å². The Morgan fingerprint density at radius 1 is 1.39 bits per heavy atom. The number of halogens is 3. The first kappa shape index (κ1) is 13.4. The summed E-state index contributed by atoms with van der Waals surface area (Å²) in [5.41, 5.74) is -1.03. The van der Waals surface area contributed by atoms with E-state index in [1.165, 1.54) is 6.07 Å². The van der Waals surface area contributed by atoms with Crippen LogP contribution in [-0.2, 0) is 12.6 Å². The fourth-order valence-electron chi connectivity index (χ4n) is 2.44. The lowest BCUT2D eigenvalue weighted by molar-refractivity contribution is -0.137. The highest BCUT2D eigenvalue weighted by atomic mass is 19.4. The molecule has 1 fully saturated rings. The van der Waals surface area contributed by atoms with E-state index in [1.54, 1.807) is 6.07 Å². The molecule has 2 rings (SSSR count). The van der Waals surface area contributed by atoms with Gasteiger partial charge in [-0.1, -0.05) is 18.2 Å². The van der Waals surface area contributed by atoms with Gasteiger partial charge in [-0.05, 0) is 25.1 Å². The molecule has 0 aliphatic carbocycles.